The molecule has 86 heavy (non-hydrogen) atoms. The van der Waals surface area contributed by atoms with Gasteiger partial charge in [-0.05, 0) is 177 Å². The second kappa shape index (κ2) is 22.5. The Morgan fingerprint density at radius 1 is 0.779 bits per heavy atom. The van der Waals surface area contributed by atoms with Crippen LogP contribution in [-0.4, -0.2) is 152 Å². The molecule has 7 aliphatic rings. The molecular weight excluding hydrogens is 1090 g/mol. The van der Waals surface area contributed by atoms with E-state index in [1.807, 2.05) is 53.6 Å². The molecule has 3 N–H and O–H groups in total. The lowest BCUT2D eigenvalue weighted by Gasteiger charge is -2.48. The van der Waals surface area contributed by atoms with Crippen molar-refractivity contribution in [1.82, 2.24) is 44.8 Å². The lowest BCUT2D eigenvalue weighted by Crippen LogP contribution is -2.58. The number of anilines is 4. The van der Waals surface area contributed by atoms with Gasteiger partial charge in [0.1, 0.15) is 17.4 Å². The van der Waals surface area contributed by atoms with Crippen molar-refractivity contribution in [2.24, 2.45) is 0 Å². The molecule has 5 fully saturated rings. The number of hydrogen-bond donors (Lipinski definition) is 3. The summed E-state index contributed by atoms with van der Waals surface area (Å²) in [5, 5.41) is 8.45. The number of benzene rings is 4. The van der Waals surface area contributed by atoms with Gasteiger partial charge in [-0.1, -0.05) is 30.7 Å². The van der Waals surface area contributed by atoms with Crippen LogP contribution in [0.5, 0.6) is 0 Å². The van der Waals surface area contributed by atoms with Gasteiger partial charge in [0.25, 0.3) is 23.6 Å². The largest absolute Gasteiger partial charge is 0.368 e. The zero-order chi connectivity index (χ0) is 59.9. The predicted molar refractivity (Wildman–Crippen MR) is 324 cm³/mol. The number of rotatable bonds is 13. The molecule has 4 saturated heterocycles. The minimum Gasteiger partial charge on any atom is -0.368 e. The fourth-order valence-corrected chi connectivity index (χ4v) is 14.2. The molecule has 6 aliphatic heterocycles. The summed E-state index contributed by atoms with van der Waals surface area (Å²) in [7, 11) is 0. The van der Waals surface area contributed by atoms with Crippen LogP contribution in [0.4, 0.5) is 27.3 Å². The summed E-state index contributed by atoms with van der Waals surface area (Å²) < 4.78 is 18.0. The molecule has 13 rings (SSSR count). The van der Waals surface area contributed by atoms with E-state index in [-0.39, 0.29) is 65.5 Å². The minimum atomic E-state index is -1.04. The van der Waals surface area contributed by atoms with Crippen LogP contribution in [0, 0.1) is 12.7 Å². The molecular formula is C66H73FN12O7. The number of halogens is 1. The number of pyridine rings is 1. The Bertz CT molecular complexity index is 3760. The third-order valence-electron chi connectivity index (χ3n) is 19.1. The van der Waals surface area contributed by atoms with Crippen molar-refractivity contribution in [1.29, 1.82) is 0 Å². The van der Waals surface area contributed by atoms with Gasteiger partial charge in [-0.25, -0.2) is 14.4 Å². The molecule has 0 radical (unpaired) electrons. The fraction of sp³-hybridized carbons (Fsp3) is 0.439. The number of aryl methyl sites for hydroxylation is 1. The highest BCUT2D eigenvalue weighted by molar-refractivity contribution is 6.24. The standard InChI is InChI=1S/C66H73FN12O7/c1-38(2)69-60(81)48-34-53(51(67)29-40(48)5)71-59-58-54(68-37-77(58)39(3)4)35-52(70-59)43-13-16-50-56(30-43)78(46-31-45(32-46)74-21-7-6-8-22-74)65(86)66(50)19-23-73(24-20-66)36-41-9-11-42(12-10-41)62(83)76-27-25-75(26-28-76)44-14-15-47-49(33-44)64(85)79(63(47)84)55-17-18-57(80)72-61(55)82/h9-16,29-30,33-35,37-39,45-46,55H,6-8,17-28,31-32,36H2,1-5H3,(H,69,81)(H,70,71)(H,72,80,82)/t45-,46+,55?. The van der Waals surface area contributed by atoms with Crippen molar-refractivity contribution < 1.29 is 38.0 Å². The molecule has 1 spiro atoms. The van der Waals surface area contributed by atoms with Crippen LogP contribution in [0.1, 0.15) is 150 Å². The van der Waals surface area contributed by atoms with Gasteiger partial charge in [0.2, 0.25) is 17.7 Å². The van der Waals surface area contributed by atoms with Gasteiger partial charge in [-0.2, -0.15) is 0 Å². The number of nitrogens with zero attached hydrogens (tertiary/aromatic N) is 9. The highest BCUT2D eigenvalue weighted by atomic mass is 19.1. The van der Waals surface area contributed by atoms with Crippen LogP contribution in [0.3, 0.4) is 0 Å². The van der Waals surface area contributed by atoms with Gasteiger partial charge in [-0.15, -0.1) is 0 Å². The Hall–Kier alpha value is -8.36. The monoisotopic (exact) mass is 1160 g/mol. The number of imide groups is 2. The first-order chi connectivity index (χ1) is 41.4. The Balaban J connectivity index is 0.698. The van der Waals surface area contributed by atoms with Gasteiger partial charge >= 0.3 is 0 Å². The van der Waals surface area contributed by atoms with Gasteiger partial charge in [0.05, 0.1) is 39.8 Å². The normalized spacial score (nSPS) is 21.6. The quantitative estimate of drug-likeness (QED) is 0.0933. The van der Waals surface area contributed by atoms with Gasteiger partial charge in [-0.3, -0.25) is 48.7 Å². The summed E-state index contributed by atoms with van der Waals surface area (Å²) in [5.41, 5.74) is 7.95. The predicted octanol–water partition coefficient (Wildman–Crippen LogP) is 8.27. The van der Waals surface area contributed by atoms with Crippen LogP contribution in [-0.2, 0) is 26.3 Å². The Morgan fingerprint density at radius 3 is 2.22 bits per heavy atom. The number of carbonyl (C=O) groups excluding carboxylic acids is 7. The van der Waals surface area contributed by atoms with Crippen molar-refractivity contribution >= 4 is 75.3 Å². The number of aromatic nitrogens is 3. The van der Waals surface area contributed by atoms with E-state index in [0.717, 1.165) is 58.9 Å². The summed E-state index contributed by atoms with van der Waals surface area (Å²) in [4.78, 5) is 116. The molecule has 446 valence electrons. The van der Waals surface area contributed by atoms with Crippen molar-refractivity contribution in [2.45, 2.75) is 135 Å². The number of likely N-dealkylation sites (tertiary alicyclic amines) is 2. The van der Waals surface area contributed by atoms with Crippen molar-refractivity contribution in [2.75, 3.05) is 67.5 Å². The number of imidazole rings is 1. The molecule has 1 atom stereocenters. The Labute approximate surface area is 499 Å². The number of carbonyl (C=O) groups is 7. The fourth-order valence-electron chi connectivity index (χ4n) is 14.2. The summed E-state index contributed by atoms with van der Waals surface area (Å²) in [6, 6.07) is 23.5. The number of piperazine rings is 1. The zero-order valence-electron chi connectivity index (χ0n) is 49.5. The molecule has 19 nitrogen and oxygen atoms in total. The Morgan fingerprint density at radius 2 is 1.51 bits per heavy atom. The Kier molecular flexibility index (Phi) is 14.8. The van der Waals surface area contributed by atoms with Crippen LogP contribution >= 0.6 is 0 Å². The molecule has 1 unspecified atom stereocenters. The molecule has 2 aromatic heterocycles. The van der Waals surface area contributed by atoms with E-state index in [4.69, 9.17) is 9.97 Å². The molecule has 1 aliphatic carbocycles. The van der Waals surface area contributed by atoms with E-state index in [1.165, 1.54) is 25.3 Å². The second-order valence-electron chi connectivity index (χ2n) is 25.2. The van der Waals surface area contributed by atoms with Crippen LogP contribution in [0.25, 0.3) is 22.3 Å². The SMILES string of the molecule is Cc1cc(F)c(Nc2nc(-c3ccc4c(c3)N([C@H]3C[C@@H](N5CCCCC5)C3)C(=O)C43CCN(Cc4ccc(C(=O)N5CCN(c6ccc7c(c6)C(=O)N(C6CCC(=O)NC6=O)C7=O)CC5)cc4)CC3)cc3ncn(C(C)C)c23)cc1C(=O)NC(C)C. The zero-order valence-corrected chi connectivity index (χ0v) is 49.5. The van der Waals surface area contributed by atoms with Gasteiger partial charge in [0.15, 0.2) is 5.82 Å². The number of amides is 7. The molecule has 8 heterocycles. The van der Waals surface area contributed by atoms with E-state index in [9.17, 15) is 28.8 Å². The third kappa shape index (κ3) is 10.2. The van der Waals surface area contributed by atoms with Gasteiger partial charge in [0, 0.05) is 91.4 Å². The third-order valence-corrected chi connectivity index (χ3v) is 19.1. The summed E-state index contributed by atoms with van der Waals surface area (Å²) in [6.45, 7) is 15.8. The smallest absolute Gasteiger partial charge is 0.262 e. The van der Waals surface area contributed by atoms with E-state index < -0.39 is 40.9 Å². The topological polar surface area (TPSA) is 206 Å². The maximum absolute atomic E-state index is 16.0. The molecule has 4 aromatic carbocycles. The molecule has 20 heteroatoms. The van der Waals surface area contributed by atoms with Gasteiger partial charge < -0.3 is 34.8 Å². The summed E-state index contributed by atoms with van der Waals surface area (Å²) >= 11 is 0. The molecule has 1 saturated carbocycles. The van der Waals surface area contributed by atoms with Crippen molar-refractivity contribution in [3.63, 3.8) is 0 Å². The van der Waals surface area contributed by atoms with Crippen LogP contribution in [0.15, 0.2) is 85.2 Å². The first-order valence-corrected chi connectivity index (χ1v) is 30.6. The number of nitrogens with one attached hydrogen (secondary N) is 3. The average Bonchev–Trinajstić information content (AvgIpc) is 1.73. The maximum atomic E-state index is 16.0. The minimum absolute atomic E-state index is 0.0161. The first kappa shape index (κ1) is 56.8. The summed E-state index contributed by atoms with van der Waals surface area (Å²) in [6.07, 6.45) is 8.75. The van der Waals surface area contributed by atoms with E-state index >= 15 is 9.18 Å². The molecule has 6 aromatic rings. The van der Waals surface area contributed by atoms with E-state index in [0.29, 0.717) is 104 Å². The second-order valence-corrected chi connectivity index (χ2v) is 25.2. The van der Waals surface area contributed by atoms with Crippen molar-refractivity contribution in [3.05, 3.63) is 130 Å². The van der Waals surface area contributed by atoms with E-state index in [1.54, 1.807) is 37.5 Å². The molecule has 7 amide bonds. The van der Waals surface area contributed by atoms with Crippen LogP contribution < -0.4 is 25.8 Å². The number of fused-ring (bicyclic) bond motifs is 4. The highest BCUT2D eigenvalue weighted by Crippen LogP contribution is 2.52. The average molecular weight is 1170 g/mol. The summed E-state index contributed by atoms with van der Waals surface area (Å²) in [5.74, 6) is -2.48. The first-order valence-electron chi connectivity index (χ1n) is 30.6. The van der Waals surface area contributed by atoms with E-state index in [2.05, 4.69) is 67.6 Å². The lowest BCUT2D eigenvalue weighted by molar-refractivity contribution is -0.136. The lowest BCUT2D eigenvalue weighted by atomic mass is 9.73. The highest BCUT2D eigenvalue weighted by Gasteiger charge is 2.56. The maximum Gasteiger partial charge on any atom is 0.262 e. The number of hydrogen-bond acceptors (Lipinski definition) is 13. The number of piperidine rings is 3. The van der Waals surface area contributed by atoms with Crippen LogP contribution in [0.2, 0.25) is 0 Å². The molecule has 0 bridgehead atoms. The van der Waals surface area contributed by atoms with Crippen molar-refractivity contribution in [3.8, 4) is 11.3 Å².